The number of hydrogen-bond acceptors (Lipinski definition) is 4. The fourth-order valence-corrected chi connectivity index (χ4v) is 1.99. The highest BCUT2D eigenvalue weighted by atomic mass is 32.1. The van der Waals surface area contributed by atoms with Crippen molar-refractivity contribution in [2.75, 3.05) is 12.3 Å². The number of anilines is 1. The van der Waals surface area contributed by atoms with Gasteiger partial charge in [-0.05, 0) is 24.3 Å². The third-order valence-electron chi connectivity index (χ3n) is 2.32. The number of nitrogen functional groups attached to an aromatic ring is 1. The summed E-state index contributed by atoms with van der Waals surface area (Å²) in [5, 5.41) is 4.82. The smallest absolute Gasteiger partial charge is 0.251 e. The molecule has 0 spiro atoms. The summed E-state index contributed by atoms with van der Waals surface area (Å²) in [6.45, 7) is 0.590. The molecule has 2 aromatic rings. The zero-order valence-corrected chi connectivity index (χ0v) is 10.0. The Bertz CT molecular complexity index is 479. The van der Waals surface area contributed by atoms with Gasteiger partial charge in [0.1, 0.15) is 0 Å². The zero-order chi connectivity index (χ0) is 12.1. The number of carbonyl (C=O) groups is 1. The van der Waals surface area contributed by atoms with Crippen molar-refractivity contribution in [1.29, 1.82) is 0 Å². The summed E-state index contributed by atoms with van der Waals surface area (Å²) in [6.07, 6.45) is 0.754. The highest BCUT2D eigenvalue weighted by molar-refractivity contribution is 7.07. The third kappa shape index (κ3) is 3.29. The van der Waals surface area contributed by atoms with Gasteiger partial charge in [-0.1, -0.05) is 0 Å². The molecule has 0 aliphatic rings. The number of carbonyl (C=O) groups excluding carboxylic acids is 1. The van der Waals surface area contributed by atoms with E-state index in [1.807, 2.05) is 5.38 Å². The Morgan fingerprint density at radius 1 is 1.35 bits per heavy atom. The van der Waals surface area contributed by atoms with Crippen LogP contribution in [0.15, 0.2) is 35.2 Å². The van der Waals surface area contributed by atoms with Crippen molar-refractivity contribution >= 4 is 22.9 Å². The van der Waals surface area contributed by atoms with Crippen LogP contribution < -0.4 is 11.1 Å². The molecule has 1 aromatic carbocycles. The second-order valence-corrected chi connectivity index (χ2v) is 4.33. The van der Waals surface area contributed by atoms with Crippen LogP contribution in [0, 0.1) is 0 Å². The van der Waals surface area contributed by atoms with Gasteiger partial charge in [-0.2, -0.15) is 0 Å². The summed E-state index contributed by atoms with van der Waals surface area (Å²) >= 11 is 1.56. The van der Waals surface area contributed by atoms with E-state index < -0.39 is 0 Å². The van der Waals surface area contributed by atoms with E-state index in [1.165, 1.54) is 0 Å². The Labute approximate surface area is 103 Å². The number of aromatic nitrogens is 1. The maximum Gasteiger partial charge on any atom is 0.251 e. The second kappa shape index (κ2) is 5.45. The highest BCUT2D eigenvalue weighted by Gasteiger charge is 2.04. The summed E-state index contributed by atoms with van der Waals surface area (Å²) in [5.74, 6) is -0.0831. The Morgan fingerprint density at radius 2 is 2.12 bits per heavy atom. The monoisotopic (exact) mass is 247 g/mol. The second-order valence-electron chi connectivity index (χ2n) is 3.61. The molecule has 0 radical (unpaired) electrons. The molecule has 0 bridgehead atoms. The Hall–Kier alpha value is -1.88. The molecule has 5 heteroatoms. The fraction of sp³-hybridized carbons (Fsp3) is 0.167. The summed E-state index contributed by atoms with van der Waals surface area (Å²) in [6, 6.07) is 6.87. The van der Waals surface area contributed by atoms with E-state index in [0.29, 0.717) is 17.8 Å². The molecule has 0 saturated heterocycles. The molecule has 3 N–H and O–H groups in total. The number of hydrogen-bond donors (Lipinski definition) is 2. The zero-order valence-electron chi connectivity index (χ0n) is 9.22. The molecule has 88 valence electrons. The van der Waals surface area contributed by atoms with Crippen LogP contribution in [-0.2, 0) is 6.42 Å². The van der Waals surface area contributed by atoms with Crippen LogP contribution in [-0.4, -0.2) is 17.4 Å². The summed E-state index contributed by atoms with van der Waals surface area (Å²) in [5.41, 5.74) is 9.63. The van der Waals surface area contributed by atoms with Crippen LogP contribution in [0.3, 0.4) is 0 Å². The van der Waals surface area contributed by atoms with Crippen LogP contribution in [0.1, 0.15) is 16.1 Å². The minimum Gasteiger partial charge on any atom is -0.399 e. The molecule has 17 heavy (non-hydrogen) atoms. The first-order valence-electron chi connectivity index (χ1n) is 5.26. The lowest BCUT2D eigenvalue weighted by molar-refractivity contribution is 0.0954. The van der Waals surface area contributed by atoms with Gasteiger partial charge in [0.15, 0.2) is 0 Å². The van der Waals surface area contributed by atoms with Crippen molar-refractivity contribution in [2.24, 2.45) is 0 Å². The number of amides is 1. The van der Waals surface area contributed by atoms with Crippen molar-refractivity contribution in [1.82, 2.24) is 10.3 Å². The summed E-state index contributed by atoms with van der Waals surface area (Å²) < 4.78 is 0. The molecule has 0 unspecified atom stereocenters. The SMILES string of the molecule is Nc1ccc(C(=O)NCCc2cscn2)cc1. The molecule has 0 fully saturated rings. The molecular weight excluding hydrogens is 234 g/mol. The van der Waals surface area contributed by atoms with Crippen molar-refractivity contribution in [3.8, 4) is 0 Å². The highest BCUT2D eigenvalue weighted by Crippen LogP contribution is 2.05. The van der Waals surface area contributed by atoms with Crippen molar-refractivity contribution in [2.45, 2.75) is 6.42 Å². The van der Waals surface area contributed by atoms with E-state index >= 15 is 0 Å². The first-order chi connectivity index (χ1) is 8.25. The van der Waals surface area contributed by atoms with Gasteiger partial charge in [-0.25, -0.2) is 4.98 Å². The number of nitrogens with zero attached hydrogens (tertiary/aromatic N) is 1. The Morgan fingerprint density at radius 3 is 2.76 bits per heavy atom. The first-order valence-corrected chi connectivity index (χ1v) is 6.21. The molecule has 4 nitrogen and oxygen atoms in total. The fourth-order valence-electron chi connectivity index (χ4n) is 1.40. The molecule has 0 aliphatic heterocycles. The summed E-state index contributed by atoms with van der Waals surface area (Å²) in [7, 11) is 0. The van der Waals surface area contributed by atoms with Crippen LogP contribution >= 0.6 is 11.3 Å². The normalized spacial score (nSPS) is 10.1. The average molecular weight is 247 g/mol. The van der Waals surface area contributed by atoms with Gasteiger partial charge in [0.05, 0.1) is 11.2 Å². The van der Waals surface area contributed by atoms with Crippen molar-refractivity contribution in [3.05, 3.63) is 46.4 Å². The minimum atomic E-state index is -0.0831. The molecule has 1 aromatic heterocycles. The number of nitrogens with two attached hydrogens (primary N) is 1. The standard InChI is InChI=1S/C12H13N3OS/c13-10-3-1-9(2-4-10)12(16)14-6-5-11-7-17-8-15-11/h1-4,7-8H,5-6,13H2,(H,14,16). The minimum absolute atomic E-state index is 0.0831. The lowest BCUT2D eigenvalue weighted by Gasteiger charge is -2.04. The van der Waals surface area contributed by atoms with Crippen LogP contribution in [0.4, 0.5) is 5.69 Å². The number of benzene rings is 1. The number of thiazole rings is 1. The molecule has 0 saturated carbocycles. The Balaban J connectivity index is 1.83. The van der Waals surface area contributed by atoms with Gasteiger partial charge in [-0.3, -0.25) is 4.79 Å². The van der Waals surface area contributed by atoms with E-state index in [4.69, 9.17) is 5.73 Å². The van der Waals surface area contributed by atoms with Crippen LogP contribution in [0.2, 0.25) is 0 Å². The van der Waals surface area contributed by atoms with E-state index in [2.05, 4.69) is 10.3 Å². The van der Waals surface area contributed by atoms with E-state index in [9.17, 15) is 4.79 Å². The molecule has 0 atom stereocenters. The van der Waals surface area contributed by atoms with Gasteiger partial charge in [-0.15, -0.1) is 11.3 Å². The van der Waals surface area contributed by atoms with E-state index in [-0.39, 0.29) is 5.91 Å². The molecule has 2 rings (SSSR count). The molecule has 1 amide bonds. The van der Waals surface area contributed by atoms with Crippen molar-refractivity contribution < 1.29 is 4.79 Å². The largest absolute Gasteiger partial charge is 0.399 e. The van der Waals surface area contributed by atoms with Gasteiger partial charge in [0.2, 0.25) is 0 Å². The molecule has 1 heterocycles. The van der Waals surface area contributed by atoms with Crippen LogP contribution in [0.5, 0.6) is 0 Å². The van der Waals surface area contributed by atoms with Gasteiger partial charge in [0, 0.05) is 29.6 Å². The molecule has 0 aliphatic carbocycles. The number of nitrogens with one attached hydrogen (secondary N) is 1. The van der Waals surface area contributed by atoms with Gasteiger partial charge in [0.25, 0.3) is 5.91 Å². The third-order valence-corrected chi connectivity index (χ3v) is 2.96. The maximum absolute atomic E-state index is 11.7. The average Bonchev–Trinajstić information content (AvgIpc) is 2.83. The van der Waals surface area contributed by atoms with Crippen LogP contribution in [0.25, 0.3) is 0 Å². The molecular formula is C12H13N3OS. The Kier molecular flexibility index (Phi) is 3.72. The van der Waals surface area contributed by atoms with Crippen molar-refractivity contribution in [3.63, 3.8) is 0 Å². The quantitative estimate of drug-likeness (QED) is 0.808. The van der Waals surface area contributed by atoms with Gasteiger partial charge < -0.3 is 11.1 Å². The number of rotatable bonds is 4. The predicted molar refractivity (Wildman–Crippen MR) is 69.0 cm³/mol. The topological polar surface area (TPSA) is 68.0 Å². The summed E-state index contributed by atoms with van der Waals surface area (Å²) in [4.78, 5) is 15.9. The van der Waals surface area contributed by atoms with E-state index in [0.717, 1.165) is 12.1 Å². The van der Waals surface area contributed by atoms with E-state index in [1.54, 1.807) is 41.1 Å². The maximum atomic E-state index is 11.7. The lowest BCUT2D eigenvalue weighted by Crippen LogP contribution is -2.25. The van der Waals surface area contributed by atoms with Gasteiger partial charge >= 0.3 is 0 Å². The lowest BCUT2D eigenvalue weighted by atomic mass is 10.2. The first kappa shape index (κ1) is 11.6. The predicted octanol–water partition coefficient (Wildman–Crippen LogP) is 1.70.